The first-order valence-electron chi connectivity index (χ1n) is 5.66. The highest BCUT2D eigenvalue weighted by Gasteiger charge is 2.39. The van der Waals surface area contributed by atoms with Crippen LogP contribution in [0.1, 0.15) is 6.42 Å². The zero-order valence-corrected chi connectivity index (χ0v) is 11.3. The Labute approximate surface area is 114 Å². The number of benzene rings is 1. The zero-order valence-electron chi connectivity index (χ0n) is 9.77. The maximum Gasteiger partial charge on any atom is 0.247 e. The van der Waals surface area contributed by atoms with Crippen LogP contribution in [0.3, 0.4) is 0 Å². The lowest BCUT2D eigenvalue weighted by Crippen LogP contribution is -2.51. The van der Waals surface area contributed by atoms with Crippen molar-refractivity contribution in [3.8, 4) is 0 Å². The van der Waals surface area contributed by atoms with E-state index in [2.05, 4.69) is 5.73 Å². The smallest absolute Gasteiger partial charge is 0.247 e. The Morgan fingerprint density at radius 3 is 2.61 bits per heavy atom. The molecule has 2 amide bonds. The van der Waals surface area contributed by atoms with Crippen LogP contribution in [-0.4, -0.2) is 29.4 Å². The predicted octanol–water partition coefficient (Wildman–Crippen LogP) is 0.947. The molecule has 96 valence electrons. The summed E-state index contributed by atoms with van der Waals surface area (Å²) in [5.41, 5.74) is 4.32. The van der Waals surface area contributed by atoms with Crippen LogP contribution in [0.5, 0.6) is 0 Å². The van der Waals surface area contributed by atoms with Crippen molar-refractivity contribution in [2.75, 3.05) is 17.2 Å². The first kappa shape index (κ1) is 13.4. The molecule has 4 nitrogen and oxygen atoms in total. The topological polar surface area (TPSA) is 65.0 Å². The van der Waals surface area contributed by atoms with Crippen LogP contribution in [0.15, 0.2) is 24.3 Å². The molecule has 1 aliphatic heterocycles. The van der Waals surface area contributed by atoms with Gasteiger partial charge >= 0.3 is 0 Å². The van der Waals surface area contributed by atoms with Crippen LogP contribution in [0.2, 0.25) is 5.02 Å². The second-order valence-electron chi connectivity index (χ2n) is 3.96. The van der Waals surface area contributed by atoms with Crippen molar-refractivity contribution in [1.82, 2.24) is 0 Å². The molecule has 0 aromatic heterocycles. The van der Waals surface area contributed by atoms with Crippen molar-refractivity contribution in [2.24, 2.45) is 0 Å². The van der Waals surface area contributed by atoms with Crippen LogP contribution >= 0.6 is 23.4 Å². The fourth-order valence-electron chi connectivity index (χ4n) is 1.82. The lowest BCUT2D eigenvalue weighted by atomic mass is 10.3. The summed E-state index contributed by atoms with van der Waals surface area (Å²) in [4.78, 5) is 25.3. The van der Waals surface area contributed by atoms with Crippen LogP contribution in [0, 0.1) is 0 Å². The van der Waals surface area contributed by atoms with Gasteiger partial charge in [0.2, 0.25) is 11.8 Å². The molecule has 2 rings (SSSR count). The highest BCUT2D eigenvalue weighted by Crippen LogP contribution is 2.29. The van der Waals surface area contributed by atoms with Gasteiger partial charge in [-0.3, -0.25) is 9.59 Å². The van der Waals surface area contributed by atoms with Crippen LogP contribution in [0.4, 0.5) is 5.69 Å². The number of imide groups is 1. The number of thioether (sulfide) groups is 1. The van der Waals surface area contributed by atoms with E-state index >= 15 is 0 Å². The van der Waals surface area contributed by atoms with Gasteiger partial charge in [-0.2, -0.15) is 0 Å². The van der Waals surface area contributed by atoms with Crippen molar-refractivity contribution in [3.63, 3.8) is 0 Å². The molecule has 1 aromatic rings. The summed E-state index contributed by atoms with van der Waals surface area (Å²) in [6, 6.07) is 6.72. The molecule has 1 heterocycles. The molecule has 6 heteroatoms. The SMILES string of the molecule is [NH3+]CCS[C@H]1CC(=O)N(c2ccc(Cl)cc2)C1=O. The summed E-state index contributed by atoms with van der Waals surface area (Å²) in [6.45, 7) is 0.754. The van der Waals surface area contributed by atoms with Gasteiger partial charge in [0, 0.05) is 17.2 Å². The summed E-state index contributed by atoms with van der Waals surface area (Å²) < 4.78 is 0. The van der Waals surface area contributed by atoms with Crippen molar-refractivity contribution in [1.29, 1.82) is 0 Å². The lowest BCUT2D eigenvalue weighted by Gasteiger charge is -2.14. The number of amides is 2. The number of nitrogens with zero attached hydrogens (tertiary/aromatic N) is 1. The van der Waals surface area contributed by atoms with E-state index < -0.39 is 0 Å². The molecular weight excluding hydrogens is 272 g/mol. The minimum absolute atomic E-state index is 0.138. The second kappa shape index (κ2) is 5.73. The Hall–Kier alpha value is -1.04. The second-order valence-corrected chi connectivity index (χ2v) is 5.71. The zero-order chi connectivity index (χ0) is 13.1. The van der Waals surface area contributed by atoms with Crippen molar-refractivity contribution >= 4 is 40.9 Å². The molecule has 0 saturated carbocycles. The molecule has 0 unspecified atom stereocenters. The summed E-state index contributed by atoms with van der Waals surface area (Å²) in [6.07, 6.45) is 0.270. The van der Waals surface area contributed by atoms with E-state index in [1.165, 1.54) is 16.7 Å². The Bertz CT molecular complexity index is 464. The minimum Gasteiger partial charge on any atom is -0.357 e. The van der Waals surface area contributed by atoms with E-state index in [1.54, 1.807) is 24.3 Å². The number of rotatable bonds is 4. The van der Waals surface area contributed by atoms with E-state index in [9.17, 15) is 9.59 Å². The lowest BCUT2D eigenvalue weighted by molar-refractivity contribution is -0.360. The fourth-order valence-corrected chi connectivity index (χ4v) is 2.91. The van der Waals surface area contributed by atoms with Gasteiger partial charge < -0.3 is 5.73 Å². The minimum atomic E-state index is -0.269. The quantitative estimate of drug-likeness (QED) is 0.838. The number of carbonyl (C=O) groups excluding carboxylic acids is 2. The highest BCUT2D eigenvalue weighted by atomic mass is 35.5. The summed E-state index contributed by atoms with van der Waals surface area (Å²) >= 11 is 7.29. The molecule has 1 atom stereocenters. The Morgan fingerprint density at radius 1 is 1.33 bits per heavy atom. The molecule has 1 aliphatic rings. The maximum absolute atomic E-state index is 12.1. The highest BCUT2D eigenvalue weighted by molar-refractivity contribution is 8.00. The predicted molar refractivity (Wildman–Crippen MR) is 72.6 cm³/mol. The van der Waals surface area contributed by atoms with E-state index in [0.29, 0.717) is 10.7 Å². The summed E-state index contributed by atoms with van der Waals surface area (Å²) in [5.74, 6) is 0.502. The first-order chi connectivity index (χ1) is 8.63. The molecule has 1 aromatic carbocycles. The first-order valence-corrected chi connectivity index (χ1v) is 7.09. The summed E-state index contributed by atoms with van der Waals surface area (Å²) in [5, 5.41) is 0.316. The van der Waals surface area contributed by atoms with E-state index in [1.807, 2.05) is 0 Å². The number of halogens is 1. The standard InChI is InChI=1S/C12H13ClN2O2S/c13-8-1-3-9(4-2-8)15-11(16)7-10(12(15)17)18-6-5-14/h1-4,10H,5-7,14H2/p+1/t10-/m0/s1. The van der Waals surface area contributed by atoms with Crippen LogP contribution in [-0.2, 0) is 9.59 Å². The molecule has 1 saturated heterocycles. The molecule has 0 spiro atoms. The van der Waals surface area contributed by atoms with Crippen molar-refractivity contribution in [3.05, 3.63) is 29.3 Å². The number of anilines is 1. The van der Waals surface area contributed by atoms with Gasteiger partial charge in [0.15, 0.2) is 0 Å². The maximum atomic E-state index is 12.1. The third kappa shape index (κ3) is 2.68. The van der Waals surface area contributed by atoms with Crippen molar-refractivity contribution in [2.45, 2.75) is 11.7 Å². The van der Waals surface area contributed by atoms with Crippen LogP contribution in [0.25, 0.3) is 0 Å². The Kier molecular flexibility index (Phi) is 4.27. The van der Waals surface area contributed by atoms with Crippen molar-refractivity contribution < 1.29 is 15.3 Å². The number of hydrogen-bond acceptors (Lipinski definition) is 3. The largest absolute Gasteiger partial charge is 0.357 e. The van der Waals surface area contributed by atoms with Gasteiger partial charge in [-0.25, -0.2) is 4.90 Å². The molecular formula is C12H14ClN2O2S+. The fraction of sp³-hybridized carbons (Fsp3) is 0.333. The van der Waals surface area contributed by atoms with Gasteiger partial charge in [-0.05, 0) is 24.3 Å². The molecule has 3 N–H and O–H groups in total. The number of quaternary nitrogens is 1. The summed E-state index contributed by atoms with van der Waals surface area (Å²) in [7, 11) is 0. The number of hydrogen-bond donors (Lipinski definition) is 1. The third-order valence-electron chi connectivity index (χ3n) is 2.65. The van der Waals surface area contributed by atoms with Gasteiger partial charge in [0.05, 0.1) is 17.5 Å². The third-order valence-corrected chi connectivity index (χ3v) is 4.20. The van der Waals surface area contributed by atoms with Gasteiger partial charge in [-0.1, -0.05) is 11.6 Å². The monoisotopic (exact) mass is 285 g/mol. The Balaban J connectivity index is 2.16. The van der Waals surface area contributed by atoms with E-state index in [0.717, 1.165) is 12.3 Å². The van der Waals surface area contributed by atoms with E-state index in [-0.39, 0.29) is 23.5 Å². The van der Waals surface area contributed by atoms with Gasteiger partial charge in [-0.15, -0.1) is 11.8 Å². The van der Waals surface area contributed by atoms with Gasteiger partial charge in [0.1, 0.15) is 0 Å². The average molecular weight is 286 g/mol. The van der Waals surface area contributed by atoms with Gasteiger partial charge in [0.25, 0.3) is 0 Å². The molecule has 18 heavy (non-hydrogen) atoms. The Morgan fingerprint density at radius 2 is 2.00 bits per heavy atom. The van der Waals surface area contributed by atoms with Crippen LogP contribution < -0.4 is 10.6 Å². The molecule has 0 bridgehead atoms. The number of carbonyl (C=O) groups is 2. The molecule has 0 radical (unpaired) electrons. The molecule has 1 fully saturated rings. The normalized spacial score (nSPS) is 19.7. The molecule has 0 aliphatic carbocycles. The van der Waals surface area contributed by atoms with E-state index in [4.69, 9.17) is 11.6 Å². The average Bonchev–Trinajstić information content (AvgIpc) is 2.63.